The average Bonchev–Trinajstić information content (AvgIpc) is 2.69. The summed E-state index contributed by atoms with van der Waals surface area (Å²) in [6.45, 7) is 2.02. The van der Waals surface area contributed by atoms with Crippen molar-refractivity contribution in [1.29, 1.82) is 0 Å². The molecule has 1 fully saturated rings. The van der Waals surface area contributed by atoms with E-state index in [2.05, 4.69) is 4.98 Å². The van der Waals surface area contributed by atoms with Crippen molar-refractivity contribution in [2.75, 3.05) is 45.3 Å². The van der Waals surface area contributed by atoms with Crippen molar-refractivity contribution in [1.82, 2.24) is 9.88 Å². The molecule has 0 bridgehead atoms. The molecule has 3 rings (SSSR count). The Balaban J connectivity index is 1.54. The number of ether oxygens (including phenoxy) is 2. The summed E-state index contributed by atoms with van der Waals surface area (Å²) in [5.41, 5.74) is 0.856. The van der Waals surface area contributed by atoms with Gasteiger partial charge in [-0.05, 0) is 24.3 Å². The van der Waals surface area contributed by atoms with Crippen LogP contribution in [0.4, 0.5) is 5.82 Å². The summed E-state index contributed by atoms with van der Waals surface area (Å²) in [4.78, 5) is 20.9. The second-order valence-corrected chi connectivity index (χ2v) is 6.43. The number of para-hydroxylation sites is 1. The SMILES string of the molecule is CN(C)c1cccc([C@@H]2CN(C(=O)CCOc3ccccc3)CCO2)n1. The Bertz CT molecular complexity index is 721. The molecular weight excluding hydrogens is 330 g/mol. The standard InChI is InChI=1S/C20H25N3O3/c1-22(2)19-10-6-9-17(21-19)18-15-23(12-14-26-18)20(24)11-13-25-16-7-4-3-5-8-16/h3-10,18H,11-15H2,1-2H3/t18-/m0/s1. The van der Waals surface area contributed by atoms with E-state index in [4.69, 9.17) is 9.47 Å². The van der Waals surface area contributed by atoms with Crippen molar-refractivity contribution in [3.05, 3.63) is 54.2 Å². The van der Waals surface area contributed by atoms with Crippen LogP contribution in [-0.2, 0) is 9.53 Å². The van der Waals surface area contributed by atoms with Crippen LogP contribution in [0.2, 0.25) is 0 Å². The molecule has 138 valence electrons. The van der Waals surface area contributed by atoms with Crippen LogP contribution in [0, 0.1) is 0 Å². The van der Waals surface area contributed by atoms with E-state index in [1.165, 1.54) is 0 Å². The lowest BCUT2D eigenvalue weighted by molar-refractivity contribution is -0.139. The minimum Gasteiger partial charge on any atom is -0.493 e. The van der Waals surface area contributed by atoms with E-state index in [1.54, 1.807) is 0 Å². The average molecular weight is 355 g/mol. The van der Waals surface area contributed by atoms with E-state index in [-0.39, 0.29) is 12.0 Å². The van der Waals surface area contributed by atoms with Crippen molar-refractivity contribution in [2.45, 2.75) is 12.5 Å². The van der Waals surface area contributed by atoms with Gasteiger partial charge in [0.05, 0.1) is 31.9 Å². The number of aromatic nitrogens is 1. The summed E-state index contributed by atoms with van der Waals surface area (Å²) in [7, 11) is 3.91. The molecule has 0 radical (unpaired) electrons. The maximum atomic E-state index is 12.5. The minimum absolute atomic E-state index is 0.0815. The van der Waals surface area contributed by atoms with Gasteiger partial charge in [-0.25, -0.2) is 4.98 Å². The second-order valence-electron chi connectivity index (χ2n) is 6.43. The topological polar surface area (TPSA) is 54.9 Å². The molecule has 6 nitrogen and oxygen atoms in total. The molecule has 1 atom stereocenters. The Labute approximate surface area is 154 Å². The molecule has 1 aromatic carbocycles. The zero-order valence-electron chi connectivity index (χ0n) is 15.3. The maximum Gasteiger partial charge on any atom is 0.226 e. The van der Waals surface area contributed by atoms with Crippen LogP contribution in [0.1, 0.15) is 18.2 Å². The highest BCUT2D eigenvalue weighted by Crippen LogP contribution is 2.23. The Morgan fingerprint density at radius 3 is 2.81 bits per heavy atom. The van der Waals surface area contributed by atoms with Gasteiger partial charge in [0.25, 0.3) is 0 Å². The van der Waals surface area contributed by atoms with Crippen molar-refractivity contribution >= 4 is 11.7 Å². The molecule has 0 N–H and O–H groups in total. The van der Waals surface area contributed by atoms with Gasteiger partial charge in [0.1, 0.15) is 17.7 Å². The van der Waals surface area contributed by atoms with Crippen molar-refractivity contribution in [3.63, 3.8) is 0 Å². The largest absolute Gasteiger partial charge is 0.493 e. The predicted molar refractivity (Wildman–Crippen MR) is 100 cm³/mol. The van der Waals surface area contributed by atoms with Crippen molar-refractivity contribution in [3.8, 4) is 5.75 Å². The van der Waals surface area contributed by atoms with Gasteiger partial charge in [-0.1, -0.05) is 24.3 Å². The number of nitrogens with zero attached hydrogens (tertiary/aromatic N) is 3. The number of carbonyl (C=O) groups is 1. The highest BCUT2D eigenvalue weighted by Gasteiger charge is 2.26. The Morgan fingerprint density at radius 2 is 2.04 bits per heavy atom. The number of amides is 1. The molecule has 1 saturated heterocycles. The van der Waals surface area contributed by atoms with Gasteiger partial charge in [0, 0.05) is 20.6 Å². The van der Waals surface area contributed by atoms with Crippen LogP contribution in [0.5, 0.6) is 5.75 Å². The van der Waals surface area contributed by atoms with E-state index in [0.29, 0.717) is 32.7 Å². The van der Waals surface area contributed by atoms with E-state index < -0.39 is 0 Å². The number of carbonyl (C=O) groups excluding carboxylic acids is 1. The monoisotopic (exact) mass is 355 g/mol. The first-order chi connectivity index (χ1) is 12.6. The van der Waals surface area contributed by atoms with Crippen LogP contribution in [0.15, 0.2) is 48.5 Å². The zero-order chi connectivity index (χ0) is 18.4. The number of hydrogen-bond acceptors (Lipinski definition) is 5. The van der Waals surface area contributed by atoms with E-state index in [1.807, 2.05) is 72.4 Å². The fourth-order valence-corrected chi connectivity index (χ4v) is 2.85. The third-order valence-electron chi connectivity index (χ3n) is 4.29. The number of rotatable bonds is 6. The van der Waals surface area contributed by atoms with Crippen LogP contribution in [0.3, 0.4) is 0 Å². The predicted octanol–water partition coefficient (Wildman–Crippen LogP) is 2.52. The first-order valence-electron chi connectivity index (χ1n) is 8.85. The van der Waals surface area contributed by atoms with Gasteiger partial charge in [0.2, 0.25) is 5.91 Å². The number of benzene rings is 1. The smallest absolute Gasteiger partial charge is 0.226 e. The van der Waals surface area contributed by atoms with Gasteiger partial charge < -0.3 is 19.3 Å². The summed E-state index contributed by atoms with van der Waals surface area (Å²) in [6, 6.07) is 15.4. The summed E-state index contributed by atoms with van der Waals surface area (Å²) in [5.74, 6) is 1.74. The highest BCUT2D eigenvalue weighted by molar-refractivity contribution is 5.76. The Hall–Kier alpha value is -2.60. The first kappa shape index (κ1) is 18.2. The Kier molecular flexibility index (Phi) is 6.07. The molecule has 1 aromatic heterocycles. The van der Waals surface area contributed by atoms with E-state index in [9.17, 15) is 4.79 Å². The zero-order valence-corrected chi connectivity index (χ0v) is 15.3. The third kappa shape index (κ3) is 4.73. The number of anilines is 1. The van der Waals surface area contributed by atoms with E-state index in [0.717, 1.165) is 17.3 Å². The minimum atomic E-state index is -0.192. The molecule has 0 saturated carbocycles. The van der Waals surface area contributed by atoms with Gasteiger partial charge >= 0.3 is 0 Å². The van der Waals surface area contributed by atoms with Gasteiger partial charge in [-0.2, -0.15) is 0 Å². The Morgan fingerprint density at radius 1 is 1.23 bits per heavy atom. The van der Waals surface area contributed by atoms with Crippen LogP contribution in [-0.4, -0.2) is 56.2 Å². The molecule has 1 amide bonds. The number of hydrogen-bond donors (Lipinski definition) is 0. The molecule has 1 aliphatic heterocycles. The van der Waals surface area contributed by atoms with Crippen LogP contribution < -0.4 is 9.64 Å². The highest BCUT2D eigenvalue weighted by atomic mass is 16.5. The molecule has 1 aliphatic rings. The van der Waals surface area contributed by atoms with Gasteiger partial charge in [0.15, 0.2) is 0 Å². The lowest BCUT2D eigenvalue weighted by atomic mass is 10.1. The fraction of sp³-hybridized carbons (Fsp3) is 0.400. The van der Waals surface area contributed by atoms with E-state index >= 15 is 0 Å². The summed E-state index contributed by atoms with van der Waals surface area (Å²) >= 11 is 0. The van der Waals surface area contributed by atoms with Gasteiger partial charge in [-0.15, -0.1) is 0 Å². The lowest BCUT2D eigenvalue weighted by Gasteiger charge is -2.33. The number of morpholine rings is 1. The van der Waals surface area contributed by atoms with Crippen molar-refractivity contribution < 1.29 is 14.3 Å². The van der Waals surface area contributed by atoms with Crippen molar-refractivity contribution in [2.24, 2.45) is 0 Å². The summed E-state index contributed by atoms with van der Waals surface area (Å²) in [5, 5.41) is 0. The first-order valence-corrected chi connectivity index (χ1v) is 8.85. The second kappa shape index (κ2) is 8.67. The summed E-state index contributed by atoms with van der Waals surface area (Å²) < 4.78 is 11.5. The maximum absolute atomic E-state index is 12.5. The molecule has 6 heteroatoms. The number of pyridine rings is 1. The third-order valence-corrected chi connectivity index (χ3v) is 4.29. The summed E-state index contributed by atoms with van der Waals surface area (Å²) in [6.07, 6.45) is 0.162. The molecule has 0 unspecified atom stereocenters. The fourth-order valence-electron chi connectivity index (χ4n) is 2.85. The lowest BCUT2D eigenvalue weighted by Crippen LogP contribution is -2.42. The van der Waals surface area contributed by atoms with Crippen LogP contribution >= 0.6 is 0 Å². The molecule has 2 aromatic rings. The molecule has 0 spiro atoms. The molecule has 0 aliphatic carbocycles. The molecule has 2 heterocycles. The van der Waals surface area contributed by atoms with Gasteiger partial charge in [-0.3, -0.25) is 4.79 Å². The quantitative estimate of drug-likeness (QED) is 0.797. The van der Waals surface area contributed by atoms with Crippen LogP contribution in [0.25, 0.3) is 0 Å². The normalized spacial score (nSPS) is 17.0. The molecule has 26 heavy (non-hydrogen) atoms. The molecular formula is C20H25N3O3.